The molecule has 3 N–H and O–H groups in total. The number of aromatic nitrogens is 4. The molecule has 0 aliphatic rings. The van der Waals surface area contributed by atoms with Gasteiger partial charge in [-0.3, -0.25) is 9.78 Å². The Morgan fingerprint density at radius 3 is 2.81 bits per heavy atom. The van der Waals surface area contributed by atoms with E-state index in [1.165, 1.54) is 16.4 Å². The Labute approximate surface area is 156 Å². The number of rotatable bonds is 6. The summed E-state index contributed by atoms with van der Waals surface area (Å²) in [6.07, 6.45) is 2.52. The van der Waals surface area contributed by atoms with Gasteiger partial charge < -0.3 is 11.2 Å². The SMILES string of the molecule is CCc1cccc(C)c1NC(=O)CSc1nnc(-c2ccccn2)n1N. The summed E-state index contributed by atoms with van der Waals surface area (Å²) in [6.45, 7) is 4.05. The van der Waals surface area contributed by atoms with Crippen molar-refractivity contribution in [3.63, 3.8) is 0 Å². The minimum atomic E-state index is -0.110. The number of para-hydroxylation sites is 1. The summed E-state index contributed by atoms with van der Waals surface area (Å²) in [5, 5.41) is 11.6. The Hall–Kier alpha value is -2.87. The highest BCUT2D eigenvalue weighted by atomic mass is 32.2. The minimum absolute atomic E-state index is 0.110. The summed E-state index contributed by atoms with van der Waals surface area (Å²) >= 11 is 1.23. The molecule has 2 heterocycles. The van der Waals surface area contributed by atoms with Crippen molar-refractivity contribution in [3.05, 3.63) is 53.7 Å². The molecule has 0 aliphatic carbocycles. The maximum Gasteiger partial charge on any atom is 0.234 e. The first-order valence-electron chi connectivity index (χ1n) is 8.23. The van der Waals surface area contributed by atoms with Crippen LogP contribution < -0.4 is 11.2 Å². The van der Waals surface area contributed by atoms with Gasteiger partial charge in [-0.25, -0.2) is 4.68 Å². The molecule has 1 aromatic carbocycles. The Balaban J connectivity index is 1.67. The van der Waals surface area contributed by atoms with E-state index >= 15 is 0 Å². The molecule has 8 heteroatoms. The molecule has 0 radical (unpaired) electrons. The van der Waals surface area contributed by atoms with E-state index in [0.717, 1.165) is 23.2 Å². The number of nitrogens with two attached hydrogens (primary N) is 1. The van der Waals surface area contributed by atoms with Crippen molar-refractivity contribution >= 4 is 23.4 Å². The van der Waals surface area contributed by atoms with Crippen LogP contribution >= 0.6 is 11.8 Å². The molecule has 0 aliphatic heterocycles. The topological polar surface area (TPSA) is 98.7 Å². The maximum absolute atomic E-state index is 12.4. The van der Waals surface area contributed by atoms with Gasteiger partial charge in [-0.1, -0.05) is 43.0 Å². The van der Waals surface area contributed by atoms with Gasteiger partial charge in [0.25, 0.3) is 0 Å². The van der Waals surface area contributed by atoms with Crippen LogP contribution in [0.1, 0.15) is 18.1 Å². The maximum atomic E-state index is 12.4. The Morgan fingerprint density at radius 1 is 1.23 bits per heavy atom. The van der Waals surface area contributed by atoms with E-state index < -0.39 is 0 Å². The fourth-order valence-electron chi connectivity index (χ4n) is 2.55. The first-order valence-corrected chi connectivity index (χ1v) is 9.21. The fraction of sp³-hybridized carbons (Fsp3) is 0.222. The highest BCUT2D eigenvalue weighted by Crippen LogP contribution is 2.23. The molecule has 0 fully saturated rings. The fourth-order valence-corrected chi connectivity index (χ4v) is 3.21. The normalized spacial score (nSPS) is 10.7. The van der Waals surface area contributed by atoms with Crippen LogP contribution in [0.15, 0.2) is 47.8 Å². The third kappa shape index (κ3) is 3.85. The van der Waals surface area contributed by atoms with Crippen LogP contribution in [-0.4, -0.2) is 31.5 Å². The quantitative estimate of drug-likeness (QED) is 0.513. The molecular formula is C18H20N6OS. The van der Waals surface area contributed by atoms with Gasteiger partial charge in [0, 0.05) is 11.9 Å². The number of anilines is 1. The van der Waals surface area contributed by atoms with Gasteiger partial charge in [0.2, 0.25) is 16.9 Å². The van der Waals surface area contributed by atoms with Crippen molar-refractivity contribution < 1.29 is 4.79 Å². The monoisotopic (exact) mass is 368 g/mol. The number of carbonyl (C=O) groups is 1. The van der Waals surface area contributed by atoms with Gasteiger partial charge in [-0.2, -0.15) is 0 Å². The summed E-state index contributed by atoms with van der Waals surface area (Å²) in [7, 11) is 0. The Morgan fingerprint density at radius 2 is 2.08 bits per heavy atom. The molecule has 2 aromatic heterocycles. The second-order valence-electron chi connectivity index (χ2n) is 5.69. The van der Waals surface area contributed by atoms with Crippen molar-refractivity contribution in [2.45, 2.75) is 25.4 Å². The molecule has 7 nitrogen and oxygen atoms in total. The summed E-state index contributed by atoms with van der Waals surface area (Å²) in [5.74, 6) is 6.58. The van der Waals surface area contributed by atoms with Crippen LogP contribution in [0.25, 0.3) is 11.5 Å². The molecular weight excluding hydrogens is 348 g/mol. The number of carbonyl (C=O) groups excluding carboxylic acids is 1. The summed E-state index contributed by atoms with van der Waals surface area (Å²) < 4.78 is 1.35. The highest BCUT2D eigenvalue weighted by Gasteiger charge is 2.15. The predicted octanol–water partition coefficient (Wildman–Crippen LogP) is 2.66. The lowest BCUT2D eigenvalue weighted by molar-refractivity contribution is -0.113. The Bertz CT molecular complexity index is 909. The summed E-state index contributed by atoms with van der Waals surface area (Å²) in [5.41, 5.74) is 3.67. The zero-order chi connectivity index (χ0) is 18.5. The van der Waals surface area contributed by atoms with E-state index in [-0.39, 0.29) is 11.7 Å². The van der Waals surface area contributed by atoms with Crippen molar-refractivity contribution in [2.75, 3.05) is 16.9 Å². The number of hydrogen-bond acceptors (Lipinski definition) is 6. The number of nitrogen functional groups attached to an aromatic ring is 1. The molecule has 1 amide bonds. The molecule has 0 saturated carbocycles. The number of hydrogen-bond donors (Lipinski definition) is 2. The summed E-state index contributed by atoms with van der Waals surface area (Å²) in [4.78, 5) is 16.6. The van der Waals surface area contributed by atoms with Crippen LogP contribution in [0.3, 0.4) is 0 Å². The van der Waals surface area contributed by atoms with Crippen LogP contribution in [0, 0.1) is 6.92 Å². The number of nitrogens with zero attached hydrogens (tertiary/aromatic N) is 4. The van der Waals surface area contributed by atoms with Crippen LogP contribution in [0.4, 0.5) is 5.69 Å². The van der Waals surface area contributed by atoms with Crippen LogP contribution in [0.2, 0.25) is 0 Å². The van der Waals surface area contributed by atoms with Crippen LogP contribution in [0.5, 0.6) is 0 Å². The molecule has 3 rings (SSSR count). The smallest absolute Gasteiger partial charge is 0.234 e. The second-order valence-corrected chi connectivity index (χ2v) is 6.63. The number of nitrogens with one attached hydrogen (secondary N) is 1. The lowest BCUT2D eigenvalue weighted by atomic mass is 10.1. The van der Waals surface area contributed by atoms with E-state index in [1.54, 1.807) is 12.3 Å². The van der Waals surface area contributed by atoms with Gasteiger partial charge >= 0.3 is 0 Å². The highest BCUT2D eigenvalue weighted by molar-refractivity contribution is 7.99. The molecule has 0 saturated heterocycles. The van der Waals surface area contributed by atoms with Gasteiger partial charge in [0.1, 0.15) is 5.69 Å². The van der Waals surface area contributed by atoms with Crippen LogP contribution in [-0.2, 0) is 11.2 Å². The van der Waals surface area contributed by atoms with Crippen molar-refractivity contribution in [2.24, 2.45) is 0 Å². The average Bonchev–Trinajstić information content (AvgIpc) is 3.03. The standard InChI is InChI=1S/C18H20N6OS/c1-3-13-8-6-7-12(2)16(13)21-15(25)11-26-18-23-22-17(24(18)19)14-9-4-5-10-20-14/h4-10H,3,11,19H2,1-2H3,(H,21,25). The molecule has 0 atom stereocenters. The van der Waals surface area contributed by atoms with E-state index in [0.29, 0.717) is 16.7 Å². The van der Waals surface area contributed by atoms with Gasteiger partial charge in [0.05, 0.1) is 5.75 Å². The lowest BCUT2D eigenvalue weighted by Gasteiger charge is -2.12. The third-order valence-corrected chi connectivity index (χ3v) is 4.84. The van der Waals surface area contributed by atoms with Crippen molar-refractivity contribution in [1.82, 2.24) is 19.9 Å². The largest absolute Gasteiger partial charge is 0.335 e. The predicted molar refractivity (Wildman–Crippen MR) is 103 cm³/mol. The first kappa shape index (κ1) is 17.9. The van der Waals surface area contributed by atoms with Gasteiger partial charge in [-0.05, 0) is 36.6 Å². The second kappa shape index (κ2) is 8.01. The molecule has 26 heavy (non-hydrogen) atoms. The van der Waals surface area contributed by atoms with E-state index in [4.69, 9.17) is 5.84 Å². The zero-order valence-corrected chi connectivity index (χ0v) is 15.5. The lowest BCUT2D eigenvalue weighted by Crippen LogP contribution is -2.18. The molecule has 134 valence electrons. The zero-order valence-electron chi connectivity index (χ0n) is 14.6. The van der Waals surface area contributed by atoms with Gasteiger partial charge in [0.15, 0.2) is 0 Å². The first-order chi connectivity index (χ1) is 12.6. The van der Waals surface area contributed by atoms with E-state index in [9.17, 15) is 4.79 Å². The number of amides is 1. The van der Waals surface area contributed by atoms with E-state index in [1.807, 2.05) is 37.3 Å². The number of aryl methyl sites for hydroxylation is 2. The average molecular weight is 368 g/mol. The third-order valence-electron chi connectivity index (χ3n) is 3.90. The van der Waals surface area contributed by atoms with E-state index in [2.05, 4.69) is 27.4 Å². The molecule has 0 spiro atoms. The number of thioether (sulfide) groups is 1. The molecule has 0 bridgehead atoms. The molecule has 0 unspecified atom stereocenters. The minimum Gasteiger partial charge on any atom is -0.335 e. The van der Waals surface area contributed by atoms with Crippen molar-refractivity contribution in [1.29, 1.82) is 0 Å². The van der Waals surface area contributed by atoms with Crippen molar-refractivity contribution in [3.8, 4) is 11.5 Å². The summed E-state index contributed by atoms with van der Waals surface area (Å²) in [6, 6.07) is 11.5. The van der Waals surface area contributed by atoms with Gasteiger partial charge in [-0.15, -0.1) is 10.2 Å². The Kier molecular flexibility index (Phi) is 5.52. The number of pyridine rings is 1. The molecule has 3 aromatic rings. The number of benzene rings is 1.